The number of hydrogen-bond donors (Lipinski definition) is 1. The van der Waals surface area contributed by atoms with Gasteiger partial charge in [-0.3, -0.25) is 4.79 Å². The van der Waals surface area contributed by atoms with Gasteiger partial charge in [0, 0.05) is 5.56 Å². The Balaban J connectivity index is 3.17. The molecule has 13 heavy (non-hydrogen) atoms. The Bertz CT molecular complexity index is 347. The predicted molar refractivity (Wildman–Crippen MR) is 58.7 cm³/mol. The highest BCUT2D eigenvalue weighted by Crippen LogP contribution is 2.23. The zero-order valence-electron chi connectivity index (χ0n) is 6.96. The van der Waals surface area contributed by atoms with Crippen LogP contribution in [0.2, 0.25) is 5.02 Å². The van der Waals surface area contributed by atoms with Crippen molar-refractivity contribution in [2.24, 2.45) is 0 Å². The van der Waals surface area contributed by atoms with E-state index in [1.807, 2.05) is 6.07 Å². The first-order chi connectivity index (χ1) is 6.16. The number of thiol groups is 1. The van der Waals surface area contributed by atoms with Gasteiger partial charge in [-0.1, -0.05) is 29.8 Å². The number of benzene rings is 1. The number of carbonyl (C=O) groups is 1. The van der Waals surface area contributed by atoms with Crippen LogP contribution >= 0.6 is 24.2 Å². The summed E-state index contributed by atoms with van der Waals surface area (Å²) in [6.45, 7) is 3.61. The number of rotatable bonds is 3. The molecule has 0 aliphatic rings. The second kappa shape index (κ2) is 4.49. The zero-order chi connectivity index (χ0) is 9.84. The van der Waals surface area contributed by atoms with Crippen LogP contribution in [0.3, 0.4) is 0 Å². The van der Waals surface area contributed by atoms with Crippen molar-refractivity contribution < 1.29 is 4.79 Å². The molecular formula is C10H9ClOS. The molecule has 1 aromatic carbocycles. The van der Waals surface area contributed by atoms with Crippen LogP contribution in [0, 0.1) is 0 Å². The maximum Gasteiger partial charge on any atom is 0.217 e. The van der Waals surface area contributed by atoms with Gasteiger partial charge in [-0.15, -0.1) is 19.2 Å². The minimum atomic E-state index is -0.309. The monoisotopic (exact) mass is 212 g/mol. The van der Waals surface area contributed by atoms with E-state index >= 15 is 0 Å². The average molecular weight is 213 g/mol. The fraction of sp³-hybridized carbons (Fsp3) is 0.100. The van der Waals surface area contributed by atoms with E-state index in [4.69, 9.17) is 11.6 Å². The van der Waals surface area contributed by atoms with Gasteiger partial charge in [-0.05, 0) is 18.1 Å². The molecule has 0 atom stereocenters. The van der Waals surface area contributed by atoms with Crippen molar-refractivity contribution in [1.82, 2.24) is 0 Å². The van der Waals surface area contributed by atoms with Crippen LogP contribution in [0.4, 0.5) is 0 Å². The van der Waals surface area contributed by atoms with Gasteiger partial charge in [0.25, 0.3) is 0 Å². The molecule has 0 bridgehead atoms. The van der Waals surface area contributed by atoms with E-state index in [1.165, 1.54) is 0 Å². The van der Waals surface area contributed by atoms with E-state index < -0.39 is 0 Å². The average Bonchev–Trinajstić information content (AvgIpc) is 2.08. The Morgan fingerprint density at radius 2 is 2.31 bits per heavy atom. The third-order valence-electron chi connectivity index (χ3n) is 1.67. The molecule has 0 fully saturated rings. The highest BCUT2D eigenvalue weighted by atomic mass is 35.5. The SMILES string of the molecule is C=CCc1cccc(C(=O)S)c1Cl. The van der Waals surface area contributed by atoms with E-state index in [0.717, 1.165) is 5.56 Å². The van der Waals surface area contributed by atoms with Gasteiger partial charge in [0.15, 0.2) is 0 Å². The van der Waals surface area contributed by atoms with Crippen molar-refractivity contribution >= 4 is 29.3 Å². The standard InChI is InChI=1S/C10H9ClOS/c1-2-4-7-5-3-6-8(9(7)11)10(12)13/h2-3,5-6H,1,4H2,(H,12,13). The molecule has 1 nitrogen and oxygen atoms in total. The van der Waals surface area contributed by atoms with E-state index in [1.54, 1.807) is 18.2 Å². The summed E-state index contributed by atoms with van der Waals surface area (Å²) in [5.74, 6) is 0. The molecule has 0 aliphatic carbocycles. The predicted octanol–water partition coefficient (Wildman–Crippen LogP) is 3.14. The Kier molecular flexibility index (Phi) is 3.58. The van der Waals surface area contributed by atoms with Gasteiger partial charge < -0.3 is 0 Å². The summed E-state index contributed by atoms with van der Waals surface area (Å²) in [5, 5.41) is 0.165. The highest BCUT2D eigenvalue weighted by Gasteiger charge is 2.08. The summed E-state index contributed by atoms with van der Waals surface area (Å²) in [7, 11) is 0. The summed E-state index contributed by atoms with van der Waals surface area (Å²) in [5.41, 5.74) is 1.35. The smallest absolute Gasteiger partial charge is 0.217 e. The fourth-order valence-corrected chi connectivity index (χ4v) is 1.60. The molecule has 3 heteroatoms. The van der Waals surface area contributed by atoms with Crippen LogP contribution in [0.1, 0.15) is 15.9 Å². The van der Waals surface area contributed by atoms with Crippen LogP contribution in [0.5, 0.6) is 0 Å². The number of hydrogen-bond acceptors (Lipinski definition) is 1. The molecule has 0 unspecified atom stereocenters. The summed E-state index contributed by atoms with van der Waals surface area (Å²) in [6.07, 6.45) is 2.40. The van der Waals surface area contributed by atoms with Crippen LogP contribution in [0.15, 0.2) is 30.9 Å². The first-order valence-electron chi connectivity index (χ1n) is 3.78. The summed E-state index contributed by atoms with van der Waals surface area (Å²) < 4.78 is 0. The van der Waals surface area contributed by atoms with E-state index in [-0.39, 0.29) is 5.12 Å². The van der Waals surface area contributed by atoms with Gasteiger partial charge >= 0.3 is 0 Å². The van der Waals surface area contributed by atoms with Gasteiger partial charge in [0.05, 0.1) is 5.02 Å². The fourth-order valence-electron chi connectivity index (χ4n) is 1.06. The molecule has 0 heterocycles. The molecule has 0 radical (unpaired) electrons. The maximum atomic E-state index is 11.0. The van der Waals surface area contributed by atoms with Gasteiger partial charge in [0.1, 0.15) is 0 Å². The summed E-state index contributed by atoms with van der Waals surface area (Å²) >= 11 is 9.69. The molecule has 0 spiro atoms. The lowest BCUT2D eigenvalue weighted by molar-refractivity contribution is 0.109. The molecule has 0 amide bonds. The topological polar surface area (TPSA) is 17.1 Å². The molecular weight excluding hydrogens is 204 g/mol. The first-order valence-corrected chi connectivity index (χ1v) is 4.61. The van der Waals surface area contributed by atoms with Crippen molar-refractivity contribution in [1.29, 1.82) is 0 Å². The molecule has 1 rings (SSSR count). The second-order valence-corrected chi connectivity index (χ2v) is 3.36. The van der Waals surface area contributed by atoms with Crippen LogP contribution in [-0.2, 0) is 6.42 Å². The van der Waals surface area contributed by atoms with Crippen molar-refractivity contribution in [2.45, 2.75) is 6.42 Å². The van der Waals surface area contributed by atoms with Crippen molar-refractivity contribution in [3.8, 4) is 0 Å². The van der Waals surface area contributed by atoms with Crippen LogP contribution < -0.4 is 0 Å². The van der Waals surface area contributed by atoms with Gasteiger partial charge in [-0.25, -0.2) is 0 Å². The van der Waals surface area contributed by atoms with E-state index in [2.05, 4.69) is 19.2 Å². The largest absolute Gasteiger partial charge is 0.282 e. The second-order valence-electron chi connectivity index (χ2n) is 2.58. The minimum absolute atomic E-state index is 0.309. The minimum Gasteiger partial charge on any atom is -0.282 e. The van der Waals surface area contributed by atoms with Crippen molar-refractivity contribution in [3.63, 3.8) is 0 Å². The lowest BCUT2D eigenvalue weighted by Crippen LogP contribution is -1.93. The van der Waals surface area contributed by atoms with Crippen LogP contribution in [-0.4, -0.2) is 5.12 Å². The normalized spacial score (nSPS) is 9.69. The maximum absolute atomic E-state index is 11.0. The number of carbonyl (C=O) groups excluding carboxylic acids is 1. The molecule has 0 saturated carbocycles. The molecule has 0 N–H and O–H groups in total. The Hall–Kier alpha value is -0.730. The summed E-state index contributed by atoms with van der Waals surface area (Å²) in [6, 6.07) is 5.31. The van der Waals surface area contributed by atoms with Gasteiger partial charge in [-0.2, -0.15) is 0 Å². The third kappa shape index (κ3) is 2.36. The summed E-state index contributed by atoms with van der Waals surface area (Å²) in [4.78, 5) is 11.0. The highest BCUT2D eigenvalue weighted by molar-refractivity contribution is 7.97. The Morgan fingerprint density at radius 1 is 1.62 bits per heavy atom. The van der Waals surface area contributed by atoms with Crippen LogP contribution in [0.25, 0.3) is 0 Å². The third-order valence-corrected chi connectivity index (χ3v) is 2.36. The Morgan fingerprint density at radius 3 is 2.85 bits per heavy atom. The number of halogens is 1. The number of allylic oxidation sites excluding steroid dienone is 1. The molecule has 0 aromatic heterocycles. The van der Waals surface area contributed by atoms with E-state index in [9.17, 15) is 4.79 Å². The van der Waals surface area contributed by atoms with Crippen molar-refractivity contribution in [3.05, 3.63) is 47.0 Å². The lowest BCUT2D eigenvalue weighted by atomic mass is 10.1. The first kappa shape index (κ1) is 10.4. The zero-order valence-corrected chi connectivity index (χ0v) is 8.61. The van der Waals surface area contributed by atoms with Gasteiger partial charge in [0.2, 0.25) is 5.12 Å². The van der Waals surface area contributed by atoms with Crippen molar-refractivity contribution in [2.75, 3.05) is 0 Å². The molecule has 68 valence electrons. The van der Waals surface area contributed by atoms with E-state index in [0.29, 0.717) is 17.0 Å². The quantitative estimate of drug-likeness (QED) is 0.602. The molecule has 0 saturated heterocycles. The lowest BCUT2D eigenvalue weighted by Gasteiger charge is -2.03. The molecule has 1 aromatic rings. The Labute approximate surface area is 87.8 Å². The molecule has 0 aliphatic heterocycles.